The monoisotopic (exact) mass is 284 g/mol. The number of rotatable bonds is 8. The van der Waals surface area contributed by atoms with Crippen molar-refractivity contribution in [3.05, 3.63) is 0 Å². The van der Waals surface area contributed by atoms with E-state index in [2.05, 4.69) is 44.8 Å². The van der Waals surface area contributed by atoms with Gasteiger partial charge in [0.1, 0.15) is 0 Å². The van der Waals surface area contributed by atoms with Crippen LogP contribution in [0, 0.1) is 11.3 Å². The minimum absolute atomic E-state index is 0.0538. The maximum Gasteiger partial charge on any atom is 0.0777 e. The highest BCUT2D eigenvalue weighted by atomic mass is 16.5. The number of hydrogen-bond acceptors (Lipinski definition) is 3. The number of methoxy groups -OCH3 is 1. The van der Waals surface area contributed by atoms with Crippen LogP contribution in [-0.2, 0) is 4.74 Å². The topological polar surface area (TPSA) is 24.5 Å². The van der Waals surface area contributed by atoms with Crippen LogP contribution < -0.4 is 5.32 Å². The SMILES string of the molecule is CCC(C)(CNCC(C)C)CN1CCCC(C)(OC)C1. The highest BCUT2D eigenvalue weighted by Crippen LogP contribution is 2.28. The summed E-state index contributed by atoms with van der Waals surface area (Å²) in [6, 6.07) is 0. The van der Waals surface area contributed by atoms with Gasteiger partial charge in [-0.05, 0) is 50.6 Å². The first-order valence-electron chi connectivity index (χ1n) is 8.31. The predicted octanol–water partition coefficient (Wildman–Crippen LogP) is 3.15. The second-order valence-electron chi connectivity index (χ2n) is 7.66. The van der Waals surface area contributed by atoms with Crippen LogP contribution in [0.5, 0.6) is 0 Å². The van der Waals surface area contributed by atoms with Crippen LogP contribution in [0.1, 0.15) is 53.9 Å². The van der Waals surface area contributed by atoms with Crippen molar-refractivity contribution in [2.45, 2.75) is 59.5 Å². The van der Waals surface area contributed by atoms with Crippen LogP contribution >= 0.6 is 0 Å². The van der Waals surface area contributed by atoms with Gasteiger partial charge in [-0.3, -0.25) is 4.90 Å². The molecular weight excluding hydrogens is 248 g/mol. The quantitative estimate of drug-likeness (QED) is 0.741. The lowest BCUT2D eigenvalue weighted by molar-refractivity contribution is -0.0585. The Bertz CT molecular complexity index is 282. The Labute approximate surface area is 126 Å². The Hall–Kier alpha value is -0.120. The van der Waals surface area contributed by atoms with Gasteiger partial charge in [-0.1, -0.05) is 27.7 Å². The molecule has 120 valence electrons. The maximum atomic E-state index is 5.71. The molecule has 0 aromatic carbocycles. The van der Waals surface area contributed by atoms with Gasteiger partial charge < -0.3 is 10.1 Å². The average Bonchev–Trinajstić information content (AvgIpc) is 2.38. The first kappa shape index (κ1) is 17.9. The van der Waals surface area contributed by atoms with Crippen molar-refractivity contribution in [1.82, 2.24) is 10.2 Å². The molecule has 1 aliphatic heterocycles. The van der Waals surface area contributed by atoms with E-state index >= 15 is 0 Å². The minimum atomic E-state index is 0.0538. The molecule has 3 heteroatoms. The Kier molecular flexibility index (Phi) is 6.96. The van der Waals surface area contributed by atoms with E-state index in [9.17, 15) is 0 Å². The molecule has 0 saturated carbocycles. The second kappa shape index (κ2) is 7.77. The highest BCUT2D eigenvalue weighted by molar-refractivity contribution is 4.88. The summed E-state index contributed by atoms with van der Waals surface area (Å²) < 4.78 is 5.71. The van der Waals surface area contributed by atoms with Crippen molar-refractivity contribution < 1.29 is 4.74 Å². The fourth-order valence-corrected chi connectivity index (χ4v) is 3.10. The van der Waals surface area contributed by atoms with Crippen molar-refractivity contribution >= 4 is 0 Å². The largest absolute Gasteiger partial charge is 0.377 e. The van der Waals surface area contributed by atoms with Crippen molar-refractivity contribution in [3.63, 3.8) is 0 Å². The first-order valence-corrected chi connectivity index (χ1v) is 8.31. The summed E-state index contributed by atoms with van der Waals surface area (Å²) in [5, 5.41) is 3.64. The molecule has 1 saturated heterocycles. The van der Waals surface area contributed by atoms with Crippen molar-refractivity contribution in [3.8, 4) is 0 Å². The van der Waals surface area contributed by atoms with Crippen LogP contribution in [-0.4, -0.2) is 50.3 Å². The van der Waals surface area contributed by atoms with Crippen LogP contribution in [0.25, 0.3) is 0 Å². The third-order valence-corrected chi connectivity index (χ3v) is 4.79. The smallest absolute Gasteiger partial charge is 0.0777 e. The van der Waals surface area contributed by atoms with E-state index in [0.717, 1.165) is 25.6 Å². The zero-order chi connectivity index (χ0) is 15.2. The van der Waals surface area contributed by atoms with Gasteiger partial charge in [0.15, 0.2) is 0 Å². The zero-order valence-corrected chi connectivity index (χ0v) is 14.6. The molecule has 1 rings (SSSR count). The predicted molar refractivity (Wildman–Crippen MR) is 87.2 cm³/mol. The molecule has 0 aliphatic carbocycles. The normalized spacial score (nSPS) is 27.8. The van der Waals surface area contributed by atoms with Gasteiger partial charge in [0, 0.05) is 26.7 Å². The fraction of sp³-hybridized carbons (Fsp3) is 1.00. The third kappa shape index (κ3) is 5.71. The molecular formula is C17H36N2O. The van der Waals surface area contributed by atoms with E-state index in [1.165, 1.54) is 32.4 Å². The molecule has 0 aromatic rings. The van der Waals surface area contributed by atoms with Crippen LogP contribution in [0.15, 0.2) is 0 Å². The molecule has 1 aliphatic rings. The summed E-state index contributed by atoms with van der Waals surface area (Å²) in [5.41, 5.74) is 0.416. The number of piperidine rings is 1. The van der Waals surface area contributed by atoms with Gasteiger partial charge in [-0.25, -0.2) is 0 Å². The summed E-state index contributed by atoms with van der Waals surface area (Å²) in [7, 11) is 1.85. The molecule has 1 fully saturated rings. The van der Waals surface area contributed by atoms with E-state index < -0.39 is 0 Å². The van der Waals surface area contributed by atoms with E-state index in [0.29, 0.717) is 5.41 Å². The number of nitrogens with zero attached hydrogens (tertiary/aromatic N) is 1. The summed E-state index contributed by atoms with van der Waals surface area (Å²) in [4.78, 5) is 2.60. The van der Waals surface area contributed by atoms with Crippen molar-refractivity contribution in [2.75, 3.05) is 39.8 Å². The van der Waals surface area contributed by atoms with Crippen LogP contribution in [0.2, 0.25) is 0 Å². The zero-order valence-electron chi connectivity index (χ0n) is 14.6. The fourth-order valence-electron chi connectivity index (χ4n) is 3.10. The molecule has 1 N–H and O–H groups in total. The molecule has 1 heterocycles. The van der Waals surface area contributed by atoms with E-state index in [-0.39, 0.29) is 5.60 Å². The van der Waals surface area contributed by atoms with Crippen LogP contribution in [0.4, 0.5) is 0 Å². The van der Waals surface area contributed by atoms with E-state index in [1.807, 2.05) is 7.11 Å². The van der Waals surface area contributed by atoms with E-state index in [1.54, 1.807) is 0 Å². The molecule has 0 aromatic heterocycles. The number of nitrogens with one attached hydrogen (secondary N) is 1. The Morgan fingerprint density at radius 1 is 1.40 bits per heavy atom. The van der Waals surface area contributed by atoms with Gasteiger partial charge >= 0.3 is 0 Å². The lowest BCUT2D eigenvalue weighted by Gasteiger charge is -2.43. The van der Waals surface area contributed by atoms with Crippen molar-refractivity contribution in [2.24, 2.45) is 11.3 Å². The third-order valence-electron chi connectivity index (χ3n) is 4.79. The Morgan fingerprint density at radius 3 is 2.65 bits per heavy atom. The summed E-state index contributed by atoms with van der Waals surface area (Å²) >= 11 is 0. The number of hydrogen-bond donors (Lipinski definition) is 1. The number of likely N-dealkylation sites (tertiary alicyclic amines) is 1. The second-order valence-corrected chi connectivity index (χ2v) is 7.66. The first-order chi connectivity index (χ1) is 9.32. The lowest BCUT2D eigenvalue weighted by Crippen LogP contribution is -2.51. The van der Waals surface area contributed by atoms with Gasteiger partial charge in [0.05, 0.1) is 5.60 Å². The lowest BCUT2D eigenvalue weighted by atomic mass is 9.85. The molecule has 0 amide bonds. The average molecular weight is 284 g/mol. The van der Waals surface area contributed by atoms with Gasteiger partial charge in [-0.15, -0.1) is 0 Å². The molecule has 0 spiro atoms. The maximum absolute atomic E-state index is 5.71. The Balaban J connectivity index is 2.49. The summed E-state index contributed by atoms with van der Waals surface area (Å²) in [6.07, 6.45) is 3.66. The van der Waals surface area contributed by atoms with Gasteiger partial charge in [0.25, 0.3) is 0 Å². The standard InChI is InChI=1S/C17H36N2O/c1-7-16(4,12-18-11-15(2)3)13-19-10-8-9-17(5,14-19)20-6/h15,18H,7-14H2,1-6H3. The molecule has 2 atom stereocenters. The van der Waals surface area contributed by atoms with Crippen molar-refractivity contribution in [1.29, 1.82) is 0 Å². The van der Waals surface area contributed by atoms with E-state index in [4.69, 9.17) is 4.74 Å². The summed E-state index contributed by atoms with van der Waals surface area (Å²) in [6.45, 7) is 17.2. The van der Waals surface area contributed by atoms with Gasteiger partial charge in [0.2, 0.25) is 0 Å². The van der Waals surface area contributed by atoms with Gasteiger partial charge in [-0.2, -0.15) is 0 Å². The number of ether oxygens (including phenoxy) is 1. The molecule has 0 radical (unpaired) electrons. The van der Waals surface area contributed by atoms with Crippen LogP contribution in [0.3, 0.4) is 0 Å². The molecule has 20 heavy (non-hydrogen) atoms. The molecule has 3 nitrogen and oxygen atoms in total. The summed E-state index contributed by atoms with van der Waals surface area (Å²) in [5.74, 6) is 0.725. The highest BCUT2D eigenvalue weighted by Gasteiger charge is 2.34. The molecule has 2 unspecified atom stereocenters. The minimum Gasteiger partial charge on any atom is -0.377 e. The Morgan fingerprint density at radius 2 is 2.10 bits per heavy atom. The molecule has 0 bridgehead atoms.